The van der Waals surface area contributed by atoms with Gasteiger partial charge in [-0.3, -0.25) is 0 Å². The van der Waals surface area contributed by atoms with Gasteiger partial charge in [0.25, 0.3) is 0 Å². The van der Waals surface area contributed by atoms with Crippen molar-refractivity contribution in [3.8, 4) is 0 Å². The van der Waals surface area contributed by atoms with Gasteiger partial charge in [-0.05, 0) is 36.9 Å². The molecule has 0 saturated carbocycles. The number of nitrogens with one attached hydrogen (secondary N) is 1. The maximum absolute atomic E-state index is 9.01. The van der Waals surface area contributed by atoms with Gasteiger partial charge in [0.05, 0.1) is 6.61 Å². The quantitative estimate of drug-likeness (QED) is 0.758. The van der Waals surface area contributed by atoms with E-state index in [1.807, 2.05) is 12.1 Å². The Labute approximate surface area is 85.0 Å². The highest BCUT2D eigenvalue weighted by molar-refractivity contribution is 5.23. The molecular weight excluding hydrogens is 174 g/mol. The van der Waals surface area contributed by atoms with Crippen LogP contribution in [-0.2, 0) is 13.0 Å². The van der Waals surface area contributed by atoms with E-state index >= 15 is 0 Å². The zero-order chi connectivity index (χ0) is 9.80. The van der Waals surface area contributed by atoms with Crippen molar-refractivity contribution in [1.82, 2.24) is 5.32 Å². The predicted octanol–water partition coefficient (Wildman–Crippen LogP) is 1.47. The lowest BCUT2D eigenvalue weighted by molar-refractivity contribution is 0.281. The molecule has 1 fully saturated rings. The number of aliphatic hydroxyl groups excluding tert-OH is 1. The summed E-state index contributed by atoms with van der Waals surface area (Å²) in [6.45, 7) is 1.30. The van der Waals surface area contributed by atoms with Gasteiger partial charge in [-0.25, -0.2) is 0 Å². The van der Waals surface area contributed by atoms with Crippen LogP contribution in [-0.4, -0.2) is 17.7 Å². The molecule has 2 heteroatoms. The molecule has 1 aromatic carbocycles. The lowest BCUT2D eigenvalue weighted by Gasteiger charge is -2.10. The van der Waals surface area contributed by atoms with E-state index < -0.39 is 0 Å². The summed E-state index contributed by atoms with van der Waals surface area (Å²) in [6.07, 6.45) is 3.67. The van der Waals surface area contributed by atoms with Gasteiger partial charge in [-0.2, -0.15) is 0 Å². The summed E-state index contributed by atoms with van der Waals surface area (Å²) >= 11 is 0. The highest BCUT2D eigenvalue weighted by Gasteiger charge is 2.13. The molecule has 0 radical (unpaired) electrons. The van der Waals surface area contributed by atoms with Crippen LogP contribution >= 0.6 is 0 Å². The van der Waals surface area contributed by atoms with Gasteiger partial charge >= 0.3 is 0 Å². The molecule has 1 atom stereocenters. The fraction of sp³-hybridized carbons (Fsp3) is 0.500. The van der Waals surface area contributed by atoms with Crippen molar-refractivity contribution in [3.63, 3.8) is 0 Å². The summed E-state index contributed by atoms with van der Waals surface area (Å²) in [4.78, 5) is 0. The average molecular weight is 191 g/mol. The molecule has 2 N–H and O–H groups in total. The van der Waals surface area contributed by atoms with E-state index in [0.717, 1.165) is 18.5 Å². The third kappa shape index (κ3) is 2.34. The molecule has 14 heavy (non-hydrogen) atoms. The molecule has 0 aromatic heterocycles. The van der Waals surface area contributed by atoms with E-state index in [1.54, 1.807) is 0 Å². The van der Waals surface area contributed by atoms with Gasteiger partial charge in [0.2, 0.25) is 0 Å². The van der Waals surface area contributed by atoms with Gasteiger partial charge < -0.3 is 10.4 Å². The SMILES string of the molecule is OCc1cccc(C[C@@H]2CCCN2)c1. The second kappa shape index (κ2) is 4.58. The van der Waals surface area contributed by atoms with Crippen LogP contribution in [0.25, 0.3) is 0 Å². The Morgan fingerprint density at radius 1 is 1.36 bits per heavy atom. The number of benzene rings is 1. The standard InChI is InChI=1S/C12H17NO/c14-9-11-4-1-3-10(7-11)8-12-5-2-6-13-12/h1,3-4,7,12-14H,2,5-6,8-9H2/t12-/m0/s1. The Bertz CT molecular complexity index is 292. The smallest absolute Gasteiger partial charge is 0.0681 e. The fourth-order valence-corrected chi connectivity index (χ4v) is 2.07. The Balaban J connectivity index is 2.00. The van der Waals surface area contributed by atoms with Crippen molar-refractivity contribution >= 4 is 0 Å². The van der Waals surface area contributed by atoms with Gasteiger partial charge in [-0.1, -0.05) is 24.3 Å². The van der Waals surface area contributed by atoms with E-state index in [9.17, 15) is 0 Å². The normalized spacial score (nSPS) is 21.4. The van der Waals surface area contributed by atoms with Crippen LogP contribution in [0.1, 0.15) is 24.0 Å². The molecule has 1 aromatic rings. The van der Waals surface area contributed by atoms with Crippen molar-refractivity contribution < 1.29 is 5.11 Å². The first-order chi connectivity index (χ1) is 6.88. The van der Waals surface area contributed by atoms with Crippen LogP contribution in [0.3, 0.4) is 0 Å². The highest BCUT2D eigenvalue weighted by atomic mass is 16.3. The minimum Gasteiger partial charge on any atom is -0.392 e. The number of aliphatic hydroxyl groups is 1. The average Bonchev–Trinajstić information content (AvgIpc) is 2.71. The van der Waals surface area contributed by atoms with Gasteiger partial charge in [-0.15, -0.1) is 0 Å². The Morgan fingerprint density at radius 2 is 2.21 bits per heavy atom. The largest absolute Gasteiger partial charge is 0.392 e. The van der Waals surface area contributed by atoms with Crippen molar-refractivity contribution in [2.24, 2.45) is 0 Å². The molecule has 1 saturated heterocycles. The lowest BCUT2D eigenvalue weighted by Crippen LogP contribution is -2.23. The minimum absolute atomic E-state index is 0.145. The molecule has 0 aliphatic carbocycles. The molecule has 1 heterocycles. The molecule has 0 amide bonds. The number of hydrogen-bond acceptors (Lipinski definition) is 2. The van der Waals surface area contributed by atoms with E-state index in [-0.39, 0.29) is 6.61 Å². The van der Waals surface area contributed by atoms with Crippen LogP contribution < -0.4 is 5.32 Å². The van der Waals surface area contributed by atoms with Crippen LogP contribution in [0.15, 0.2) is 24.3 Å². The van der Waals surface area contributed by atoms with Crippen LogP contribution in [0.5, 0.6) is 0 Å². The van der Waals surface area contributed by atoms with Gasteiger partial charge in [0.1, 0.15) is 0 Å². The minimum atomic E-state index is 0.145. The van der Waals surface area contributed by atoms with Crippen LogP contribution in [0.4, 0.5) is 0 Å². The molecule has 1 aliphatic rings. The van der Waals surface area contributed by atoms with Crippen LogP contribution in [0, 0.1) is 0 Å². The first-order valence-corrected chi connectivity index (χ1v) is 5.30. The van der Waals surface area contributed by atoms with E-state index in [2.05, 4.69) is 17.4 Å². The zero-order valence-electron chi connectivity index (χ0n) is 8.37. The number of hydrogen-bond donors (Lipinski definition) is 2. The predicted molar refractivity (Wildman–Crippen MR) is 57.1 cm³/mol. The number of rotatable bonds is 3. The Kier molecular flexibility index (Phi) is 3.17. The molecule has 1 aliphatic heterocycles. The molecular formula is C12H17NO. The summed E-state index contributed by atoms with van der Waals surface area (Å²) in [5.41, 5.74) is 2.34. The summed E-state index contributed by atoms with van der Waals surface area (Å²) in [6, 6.07) is 8.87. The second-order valence-corrected chi connectivity index (χ2v) is 3.98. The second-order valence-electron chi connectivity index (χ2n) is 3.98. The summed E-state index contributed by atoms with van der Waals surface area (Å²) in [7, 11) is 0. The molecule has 0 spiro atoms. The third-order valence-corrected chi connectivity index (χ3v) is 2.82. The summed E-state index contributed by atoms with van der Waals surface area (Å²) < 4.78 is 0. The van der Waals surface area contributed by atoms with Crippen LogP contribution in [0.2, 0.25) is 0 Å². The van der Waals surface area contributed by atoms with Crippen molar-refractivity contribution in [2.75, 3.05) is 6.54 Å². The third-order valence-electron chi connectivity index (χ3n) is 2.82. The van der Waals surface area contributed by atoms with E-state index in [0.29, 0.717) is 6.04 Å². The van der Waals surface area contributed by atoms with Crippen molar-refractivity contribution in [2.45, 2.75) is 31.9 Å². The fourth-order valence-electron chi connectivity index (χ4n) is 2.07. The molecule has 0 unspecified atom stereocenters. The molecule has 2 nitrogen and oxygen atoms in total. The van der Waals surface area contributed by atoms with Gasteiger partial charge in [0, 0.05) is 6.04 Å². The summed E-state index contributed by atoms with van der Waals surface area (Å²) in [5, 5.41) is 12.5. The van der Waals surface area contributed by atoms with Gasteiger partial charge in [0.15, 0.2) is 0 Å². The topological polar surface area (TPSA) is 32.3 Å². The molecule has 76 valence electrons. The maximum atomic E-state index is 9.01. The Hall–Kier alpha value is -0.860. The molecule has 2 rings (SSSR count). The maximum Gasteiger partial charge on any atom is 0.0681 e. The monoisotopic (exact) mass is 191 g/mol. The summed E-state index contributed by atoms with van der Waals surface area (Å²) in [5.74, 6) is 0. The van der Waals surface area contributed by atoms with Crippen molar-refractivity contribution in [1.29, 1.82) is 0 Å². The van der Waals surface area contributed by atoms with E-state index in [4.69, 9.17) is 5.11 Å². The highest BCUT2D eigenvalue weighted by Crippen LogP contribution is 2.13. The molecule has 0 bridgehead atoms. The first kappa shape index (κ1) is 9.69. The van der Waals surface area contributed by atoms with Crippen molar-refractivity contribution in [3.05, 3.63) is 35.4 Å². The first-order valence-electron chi connectivity index (χ1n) is 5.30. The lowest BCUT2D eigenvalue weighted by atomic mass is 10.0. The van der Waals surface area contributed by atoms with E-state index in [1.165, 1.54) is 18.4 Å². The Morgan fingerprint density at radius 3 is 2.93 bits per heavy atom. The zero-order valence-corrected chi connectivity index (χ0v) is 8.37.